The zero-order chi connectivity index (χ0) is 20.5. The summed E-state index contributed by atoms with van der Waals surface area (Å²) in [5.41, 5.74) is 2.83. The van der Waals surface area contributed by atoms with E-state index in [4.69, 9.17) is 16.3 Å². The number of hydrogen-bond donors (Lipinski definition) is 0. The highest BCUT2D eigenvalue weighted by Gasteiger charge is 2.26. The topological polar surface area (TPSA) is 35.0 Å². The Morgan fingerprint density at radius 3 is 2.67 bits per heavy atom. The van der Waals surface area contributed by atoms with Crippen LogP contribution in [0.1, 0.15) is 35.3 Å². The number of aromatic nitrogens is 2. The molecule has 152 valence electrons. The zero-order valence-corrected chi connectivity index (χ0v) is 19.0. The van der Waals surface area contributed by atoms with E-state index in [9.17, 15) is 0 Å². The summed E-state index contributed by atoms with van der Waals surface area (Å²) in [6.07, 6.45) is 4.96. The molecular weight excluding hydrogens is 432 g/mol. The monoisotopic (exact) mass is 452 g/mol. The lowest BCUT2D eigenvalue weighted by atomic mass is 9.83. The second kappa shape index (κ2) is 8.58. The van der Waals surface area contributed by atoms with Crippen LogP contribution >= 0.6 is 34.7 Å². The third-order valence-electron chi connectivity index (χ3n) is 5.50. The Morgan fingerprint density at radius 1 is 1.10 bits per heavy atom. The van der Waals surface area contributed by atoms with Crippen LogP contribution < -0.4 is 4.74 Å². The molecule has 3 nitrogen and oxygen atoms in total. The number of hydrogen-bond acceptors (Lipinski definition) is 5. The molecule has 0 saturated carbocycles. The third kappa shape index (κ3) is 3.94. The summed E-state index contributed by atoms with van der Waals surface area (Å²) in [5, 5.41) is 3.03. The molecule has 6 heteroatoms. The van der Waals surface area contributed by atoms with Crippen molar-refractivity contribution in [2.24, 2.45) is 0 Å². The highest BCUT2D eigenvalue weighted by molar-refractivity contribution is 7.99. The number of benzene rings is 2. The van der Waals surface area contributed by atoms with Crippen LogP contribution in [0.3, 0.4) is 0 Å². The Bertz CT molecular complexity index is 1170. The van der Waals surface area contributed by atoms with Gasteiger partial charge in [0.25, 0.3) is 0 Å². The first kappa shape index (κ1) is 19.9. The fourth-order valence-electron chi connectivity index (χ4n) is 4.06. The van der Waals surface area contributed by atoms with Crippen molar-refractivity contribution in [1.29, 1.82) is 0 Å². The highest BCUT2D eigenvalue weighted by atomic mass is 35.5. The molecule has 0 aliphatic heterocycles. The molecule has 0 bridgehead atoms. The fourth-order valence-corrected chi connectivity index (χ4v) is 6.44. The molecular formula is C24H21ClN2OS2. The average molecular weight is 453 g/mol. The van der Waals surface area contributed by atoms with Crippen LogP contribution in [0.2, 0.25) is 5.02 Å². The van der Waals surface area contributed by atoms with E-state index in [0.29, 0.717) is 12.5 Å². The molecule has 1 aliphatic carbocycles. The summed E-state index contributed by atoms with van der Waals surface area (Å²) < 4.78 is 5.59. The normalized spacial score (nSPS) is 15.9. The number of rotatable bonds is 5. The van der Waals surface area contributed by atoms with Gasteiger partial charge in [-0.15, -0.1) is 11.3 Å². The van der Waals surface area contributed by atoms with Crippen molar-refractivity contribution >= 4 is 44.9 Å². The molecule has 0 fully saturated rings. The quantitative estimate of drug-likeness (QED) is 0.301. The van der Waals surface area contributed by atoms with Gasteiger partial charge in [0.2, 0.25) is 0 Å². The van der Waals surface area contributed by atoms with E-state index in [-0.39, 0.29) is 0 Å². The maximum absolute atomic E-state index is 6.04. The average Bonchev–Trinajstić information content (AvgIpc) is 3.15. The van der Waals surface area contributed by atoms with E-state index in [1.54, 1.807) is 18.1 Å². The van der Waals surface area contributed by atoms with E-state index in [1.165, 1.54) is 21.4 Å². The van der Waals surface area contributed by atoms with E-state index in [0.717, 1.165) is 44.8 Å². The van der Waals surface area contributed by atoms with Crippen molar-refractivity contribution in [2.45, 2.75) is 42.0 Å². The van der Waals surface area contributed by atoms with Gasteiger partial charge in [-0.3, -0.25) is 0 Å². The minimum atomic E-state index is 0.543. The van der Waals surface area contributed by atoms with E-state index < -0.39 is 0 Å². The molecule has 1 aliphatic rings. The minimum Gasteiger partial charge on any atom is -0.494 e. The van der Waals surface area contributed by atoms with Gasteiger partial charge in [-0.2, -0.15) is 0 Å². The Morgan fingerprint density at radius 2 is 1.90 bits per heavy atom. The van der Waals surface area contributed by atoms with Gasteiger partial charge < -0.3 is 4.74 Å². The van der Waals surface area contributed by atoms with Gasteiger partial charge in [0, 0.05) is 20.2 Å². The number of halogens is 1. The Hall–Kier alpha value is -2.08. The fraction of sp³-hybridized carbons (Fsp3) is 0.250. The van der Waals surface area contributed by atoms with Crippen LogP contribution in [0.4, 0.5) is 0 Å². The van der Waals surface area contributed by atoms with Gasteiger partial charge in [-0.05, 0) is 79.6 Å². The second-order valence-corrected chi connectivity index (χ2v) is 9.94. The van der Waals surface area contributed by atoms with Crippen LogP contribution in [0.15, 0.2) is 64.8 Å². The first-order chi connectivity index (χ1) is 14.7. The molecule has 2 aromatic carbocycles. The number of thiophene rings is 1. The van der Waals surface area contributed by atoms with E-state index in [1.807, 2.05) is 42.5 Å². The summed E-state index contributed by atoms with van der Waals surface area (Å²) in [7, 11) is 0. The van der Waals surface area contributed by atoms with Crippen LogP contribution in [0.25, 0.3) is 10.2 Å². The predicted molar refractivity (Wildman–Crippen MR) is 125 cm³/mol. The van der Waals surface area contributed by atoms with Gasteiger partial charge in [0.1, 0.15) is 21.9 Å². The molecule has 0 radical (unpaired) electrons. The van der Waals surface area contributed by atoms with Gasteiger partial charge in [-0.1, -0.05) is 35.5 Å². The molecule has 2 heterocycles. The summed E-state index contributed by atoms with van der Waals surface area (Å²) in [5.74, 6) is 1.49. The second-order valence-electron chi connectivity index (χ2n) is 7.36. The SMILES string of the molecule is CCOc1ccc(C2CCc3c(sc4ncnc(Sc5ccc(Cl)cc5)c34)C2)cc1. The lowest BCUT2D eigenvalue weighted by Gasteiger charge is -2.23. The minimum absolute atomic E-state index is 0.543. The molecule has 0 spiro atoms. The number of nitrogens with zero attached hydrogens (tertiary/aromatic N) is 2. The van der Waals surface area contributed by atoms with Crippen LogP contribution in [0.5, 0.6) is 5.75 Å². The standard InChI is InChI=1S/C24H21ClN2OS2/c1-2-28-18-8-3-15(4-9-18)16-5-12-20-21(13-16)30-24-22(20)23(26-14-27-24)29-19-10-6-17(25)7-11-19/h3-4,6-11,14,16H,2,5,12-13H2,1H3. The van der Waals surface area contributed by atoms with E-state index >= 15 is 0 Å². The molecule has 1 unspecified atom stereocenters. The zero-order valence-electron chi connectivity index (χ0n) is 16.6. The van der Waals surface area contributed by atoms with Crippen molar-refractivity contribution in [3.63, 3.8) is 0 Å². The summed E-state index contributed by atoms with van der Waals surface area (Å²) in [4.78, 5) is 12.9. The van der Waals surface area contributed by atoms with Crippen LogP contribution in [-0.2, 0) is 12.8 Å². The third-order valence-corrected chi connectivity index (χ3v) is 7.93. The lowest BCUT2D eigenvalue weighted by Crippen LogP contribution is -2.11. The molecule has 5 rings (SSSR count). The molecule has 0 saturated heterocycles. The predicted octanol–water partition coefficient (Wildman–Crippen LogP) is 7.17. The Labute approximate surface area is 189 Å². The Kier molecular flexibility index (Phi) is 5.68. The van der Waals surface area contributed by atoms with Crippen molar-refractivity contribution in [2.75, 3.05) is 6.61 Å². The van der Waals surface area contributed by atoms with Crippen LogP contribution in [-0.4, -0.2) is 16.6 Å². The van der Waals surface area contributed by atoms with Gasteiger partial charge >= 0.3 is 0 Å². The maximum Gasteiger partial charge on any atom is 0.128 e. The first-order valence-corrected chi connectivity index (χ1v) is 12.1. The molecule has 0 amide bonds. The molecule has 4 aromatic rings. The van der Waals surface area contributed by atoms with Crippen molar-refractivity contribution < 1.29 is 4.74 Å². The van der Waals surface area contributed by atoms with Crippen molar-refractivity contribution in [3.05, 3.63) is 75.9 Å². The number of aryl methyl sites for hydroxylation is 1. The lowest BCUT2D eigenvalue weighted by molar-refractivity contribution is 0.340. The maximum atomic E-state index is 6.04. The molecule has 30 heavy (non-hydrogen) atoms. The smallest absolute Gasteiger partial charge is 0.128 e. The Balaban J connectivity index is 1.43. The van der Waals surface area contributed by atoms with Gasteiger partial charge in [0.05, 0.1) is 6.61 Å². The van der Waals surface area contributed by atoms with Crippen molar-refractivity contribution in [3.8, 4) is 5.75 Å². The summed E-state index contributed by atoms with van der Waals surface area (Å²) >= 11 is 9.55. The molecule has 0 N–H and O–H groups in total. The van der Waals surface area contributed by atoms with Gasteiger partial charge in [-0.25, -0.2) is 9.97 Å². The highest BCUT2D eigenvalue weighted by Crippen LogP contribution is 2.44. The van der Waals surface area contributed by atoms with E-state index in [2.05, 4.69) is 34.2 Å². The van der Waals surface area contributed by atoms with Crippen LogP contribution in [0, 0.1) is 0 Å². The molecule has 1 atom stereocenters. The summed E-state index contributed by atoms with van der Waals surface area (Å²) in [6, 6.07) is 16.5. The van der Waals surface area contributed by atoms with Gasteiger partial charge in [0.15, 0.2) is 0 Å². The largest absolute Gasteiger partial charge is 0.494 e. The first-order valence-electron chi connectivity index (χ1n) is 10.1. The molecule has 2 aromatic heterocycles. The van der Waals surface area contributed by atoms with Crippen molar-refractivity contribution in [1.82, 2.24) is 9.97 Å². The number of fused-ring (bicyclic) bond motifs is 3. The number of ether oxygens (including phenoxy) is 1. The summed E-state index contributed by atoms with van der Waals surface area (Å²) in [6.45, 7) is 2.71.